The van der Waals surface area contributed by atoms with Crippen LogP contribution in [-0.2, 0) is 0 Å². The van der Waals surface area contributed by atoms with E-state index in [1.54, 1.807) is 0 Å². The van der Waals surface area contributed by atoms with Crippen LogP contribution in [0.2, 0.25) is 0 Å². The minimum absolute atomic E-state index is 0.400. The maximum atomic E-state index is 8.52. The highest BCUT2D eigenvalue weighted by Gasteiger charge is 1.76. The zero-order chi connectivity index (χ0) is 19.1. The van der Waals surface area contributed by atoms with Gasteiger partial charge in [0.15, 0.2) is 0 Å². The quantitative estimate of drug-likeness (QED) is 0.314. The number of hydrogen-bond donors (Lipinski definition) is 1. The van der Waals surface area contributed by atoms with Crippen LogP contribution in [-0.4, -0.2) is 28.8 Å². The fraction of sp³-hybridized carbons (Fsp3) is 0.333. The number of rotatable bonds is 11. The zero-order valence-electron chi connectivity index (χ0n) is 12.5. The van der Waals surface area contributed by atoms with Crippen molar-refractivity contribution in [2.75, 3.05) is 7.05 Å². The molecule has 0 aromatic carbocycles. The topological polar surface area (TPSA) is 271 Å². The first-order chi connectivity index (χ1) is 12.8. The molecule has 0 radical (unpaired) electrons. The fourth-order valence-corrected chi connectivity index (χ4v) is 0.548. The average Bonchev–Trinajstić information content (AvgIpc) is 2.62. The van der Waals surface area contributed by atoms with E-state index in [0.717, 1.165) is 10.9 Å². The Bertz CT molecular complexity index is 697. The predicted molar refractivity (Wildman–Crippen MR) is 78.9 cm³/mol. The second-order valence-corrected chi connectivity index (χ2v) is 3.12. The molecular formula is C3H7N21OS. The Morgan fingerprint density at radius 1 is 0.615 bits per heavy atom. The molecule has 0 fully saturated rings. The van der Waals surface area contributed by atoms with Gasteiger partial charge in [0, 0.05) is 15.7 Å². The zero-order valence-corrected chi connectivity index (χ0v) is 13.3. The molecule has 0 saturated carbocycles. The van der Waals surface area contributed by atoms with Gasteiger partial charge in [-0.25, -0.2) is 0 Å². The minimum atomic E-state index is 0.400. The molecule has 0 bridgehead atoms. The molecule has 0 atom stereocenters. The molecule has 26 heavy (non-hydrogen) atoms. The van der Waals surface area contributed by atoms with Crippen molar-refractivity contribution in [3.63, 3.8) is 0 Å². The normalized spacial score (nSPS) is 13.9. The van der Waals surface area contributed by atoms with Gasteiger partial charge >= 0.3 is 0 Å². The molecular weight excluding hydrogens is 378 g/mol. The number of nitrogens with zero attached hydrogens (tertiary/aromatic N) is 21. The summed E-state index contributed by atoms with van der Waals surface area (Å²) in [5.41, 5.74) is 1.32. The third kappa shape index (κ3) is 19.7. The summed E-state index contributed by atoms with van der Waals surface area (Å²) in [6.07, 6.45) is 0. The Hall–Kier alpha value is -4.28. The van der Waals surface area contributed by atoms with Gasteiger partial charge < -0.3 is 0 Å². The van der Waals surface area contributed by atoms with Gasteiger partial charge in [0.2, 0.25) is 0 Å². The molecule has 23 heteroatoms. The van der Waals surface area contributed by atoms with Gasteiger partial charge in [-0.1, -0.05) is 0 Å². The van der Waals surface area contributed by atoms with Crippen LogP contribution in [0.25, 0.3) is 0 Å². The summed E-state index contributed by atoms with van der Waals surface area (Å²) in [5, 5.41) is 69.8. The highest BCUT2D eigenvalue weighted by molar-refractivity contribution is 7.94. The summed E-state index contributed by atoms with van der Waals surface area (Å²) in [6.45, 7) is 0. The van der Waals surface area contributed by atoms with E-state index in [1.165, 1.54) is 12.5 Å². The molecule has 0 aliphatic carbocycles. The lowest BCUT2D eigenvalue weighted by Gasteiger charge is -1.93. The van der Waals surface area contributed by atoms with Gasteiger partial charge in [-0.2, -0.15) is 5.17 Å². The molecule has 0 unspecified atom stereocenters. The second kappa shape index (κ2) is 18.8. The van der Waals surface area contributed by atoms with Crippen molar-refractivity contribution >= 4 is 22.3 Å². The Balaban J connectivity index is 3.94. The summed E-state index contributed by atoms with van der Waals surface area (Å²) < 4.78 is 0. The van der Waals surface area contributed by atoms with E-state index < -0.39 is 0 Å². The first-order valence-corrected chi connectivity index (χ1v) is 6.48. The van der Waals surface area contributed by atoms with E-state index in [1.807, 2.05) is 0 Å². The summed E-state index contributed by atoms with van der Waals surface area (Å²) in [4.78, 5) is 0. The van der Waals surface area contributed by atoms with Crippen LogP contribution in [0.15, 0.2) is 104 Å². The van der Waals surface area contributed by atoms with Crippen molar-refractivity contribution in [1.29, 1.82) is 0 Å². The molecule has 0 aliphatic rings. The van der Waals surface area contributed by atoms with Crippen molar-refractivity contribution < 1.29 is 5.21 Å². The molecule has 1 N–H and O–H groups in total. The predicted octanol–water partition coefficient (Wildman–Crippen LogP) is 3.90. The van der Waals surface area contributed by atoms with Crippen LogP contribution >= 0.6 is 10.9 Å². The van der Waals surface area contributed by atoms with Crippen LogP contribution in [0.1, 0.15) is 0 Å². The van der Waals surface area contributed by atoms with Crippen molar-refractivity contribution in [1.82, 2.24) is 5.17 Å². The average molecular weight is 385 g/mol. The van der Waals surface area contributed by atoms with Crippen LogP contribution in [0.3, 0.4) is 0 Å². The van der Waals surface area contributed by atoms with Crippen LogP contribution in [0, 0.1) is 0 Å². The molecule has 136 valence electrons. The van der Waals surface area contributed by atoms with Crippen molar-refractivity contribution in [3.05, 3.63) is 0 Å². The highest BCUT2D eigenvalue weighted by Crippen LogP contribution is 1.90. The first kappa shape index (κ1) is 21.7. The van der Waals surface area contributed by atoms with E-state index in [9.17, 15) is 0 Å². The van der Waals surface area contributed by atoms with Crippen molar-refractivity contribution in [3.8, 4) is 0 Å². The SMILES string of the molecule is C=S=CN=NN=NN=NN=NN=NN=NN=NN=NN=NN=NN(C)O. The molecule has 0 rings (SSSR count). The fourth-order valence-electron chi connectivity index (χ4n) is 0.440. The largest absolute Gasteiger partial charge is 0.271 e. The Kier molecular flexibility index (Phi) is 15.7. The molecule has 0 saturated heterocycles. The molecule has 0 amide bonds. The van der Waals surface area contributed by atoms with Gasteiger partial charge in [-0.05, 0) is 89.4 Å². The molecule has 0 spiro atoms. The maximum absolute atomic E-state index is 8.52. The third-order valence-corrected chi connectivity index (χ3v) is 1.27. The van der Waals surface area contributed by atoms with Gasteiger partial charge in [-0.15, -0.1) is 16.1 Å². The van der Waals surface area contributed by atoms with Gasteiger partial charge in [-0.3, -0.25) is 5.21 Å². The number of hydroxylamine groups is 1. The van der Waals surface area contributed by atoms with Crippen molar-refractivity contribution in [2.24, 2.45) is 104 Å². The lowest BCUT2D eigenvalue weighted by molar-refractivity contribution is -0.0721. The maximum Gasteiger partial charge on any atom is 0.103 e. The van der Waals surface area contributed by atoms with E-state index in [2.05, 4.69) is 110 Å². The van der Waals surface area contributed by atoms with E-state index >= 15 is 0 Å². The Labute approximate surface area is 145 Å². The first-order valence-electron chi connectivity index (χ1n) is 5.43. The van der Waals surface area contributed by atoms with Gasteiger partial charge in [0.1, 0.15) is 5.49 Å². The monoisotopic (exact) mass is 385 g/mol. The summed E-state index contributed by atoms with van der Waals surface area (Å²) in [5.74, 6) is 3.40. The molecule has 0 aromatic heterocycles. The van der Waals surface area contributed by atoms with Crippen LogP contribution in [0.4, 0.5) is 0 Å². The Morgan fingerprint density at radius 2 is 0.923 bits per heavy atom. The smallest absolute Gasteiger partial charge is 0.103 e. The van der Waals surface area contributed by atoms with Gasteiger partial charge in [0.25, 0.3) is 0 Å². The third-order valence-electron chi connectivity index (χ3n) is 1.02. The standard InChI is InChI=1S/C3H7N21OS/c1-24(25)23-22-21-20-19-18-17-16-15-14-13-12-11-10-9-8-7-6-5-4-3-26-2/h3,25H,2H2,1H3. The lowest BCUT2D eigenvalue weighted by Crippen LogP contribution is -1.99. The molecule has 0 heterocycles. The van der Waals surface area contributed by atoms with E-state index in [-0.39, 0.29) is 0 Å². The molecule has 0 aliphatic heterocycles. The summed E-state index contributed by atoms with van der Waals surface area (Å²) in [6, 6.07) is 0. The summed E-state index contributed by atoms with van der Waals surface area (Å²) in [7, 11) is 2.29. The van der Waals surface area contributed by atoms with Crippen LogP contribution in [0.5, 0.6) is 0 Å². The van der Waals surface area contributed by atoms with Gasteiger partial charge in [0.05, 0.1) is 7.05 Å². The highest BCUT2D eigenvalue weighted by atomic mass is 32.1. The Morgan fingerprint density at radius 3 is 1.23 bits per heavy atom. The summed E-state index contributed by atoms with van der Waals surface area (Å²) >= 11 is 0. The molecule has 22 nitrogen and oxygen atoms in total. The minimum Gasteiger partial charge on any atom is -0.271 e. The number of hydrogen-bond acceptors (Lipinski definition) is 2. The van der Waals surface area contributed by atoms with E-state index in [4.69, 9.17) is 5.21 Å². The van der Waals surface area contributed by atoms with Crippen molar-refractivity contribution in [2.45, 2.75) is 0 Å². The van der Waals surface area contributed by atoms with Crippen LogP contribution < -0.4 is 0 Å². The van der Waals surface area contributed by atoms with E-state index in [0.29, 0.717) is 5.17 Å². The lowest BCUT2D eigenvalue weighted by atomic mass is 11.5. The molecule has 0 aromatic rings. The second-order valence-electron chi connectivity index (χ2n) is 2.58.